The van der Waals surface area contributed by atoms with Gasteiger partial charge in [0.2, 0.25) is 5.75 Å². The van der Waals surface area contributed by atoms with Gasteiger partial charge in [-0.05, 0) is 42.3 Å². The largest absolute Gasteiger partial charge is 0.504 e. The Hall–Kier alpha value is -3.02. The predicted octanol–water partition coefficient (Wildman–Crippen LogP) is 3.85. The van der Waals surface area contributed by atoms with Crippen LogP contribution >= 0.6 is 0 Å². The first kappa shape index (κ1) is 19.3. The normalized spacial score (nSPS) is 11.0. The van der Waals surface area contributed by atoms with Crippen molar-refractivity contribution in [1.82, 2.24) is 0 Å². The van der Waals surface area contributed by atoms with E-state index in [-0.39, 0.29) is 5.75 Å². The summed E-state index contributed by atoms with van der Waals surface area (Å²) in [5.41, 5.74) is 2.30. The van der Waals surface area contributed by atoms with E-state index in [9.17, 15) is 5.11 Å². The Kier molecular flexibility index (Phi) is 6.60. The van der Waals surface area contributed by atoms with Crippen molar-refractivity contribution in [2.24, 2.45) is 0 Å². The molecule has 0 saturated carbocycles. The molecule has 0 atom stereocenters. The quantitative estimate of drug-likeness (QED) is 0.721. The van der Waals surface area contributed by atoms with Gasteiger partial charge in [0, 0.05) is 5.57 Å². The lowest BCUT2D eigenvalue weighted by molar-refractivity contribution is 0.271. The lowest BCUT2D eigenvalue weighted by atomic mass is 9.98. The summed E-state index contributed by atoms with van der Waals surface area (Å²) in [7, 11) is 6.18. The molecule has 0 spiro atoms. The summed E-state index contributed by atoms with van der Waals surface area (Å²) in [6.45, 7) is 2.41. The third-order valence-electron chi connectivity index (χ3n) is 3.83. The summed E-state index contributed by atoms with van der Waals surface area (Å²) in [5.74, 6) is 2.00. The maximum atomic E-state index is 10.1. The van der Waals surface area contributed by atoms with Crippen molar-refractivity contribution in [2.75, 3.05) is 35.0 Å². The Labute approximate surface area is 153 Å². The molecule has 0 bridgehead atoms. The summed E-state index contributed by atoms with van der Waals surface area (Å²) in [5, 5.41) is 10.1. The van der Waals surface area contributed by atoms with Crippen LogP contribution in [-0.2, 0) is 4.74 Å². The molecule has 0 unspecified atom stereocenters. The van der Waals surface area contributed by atoms with Gasteiger partial charge >= 0.3 is 0 Å². The number of benzene rings is 2. The van der Waals surface area contributed by atoms with Crippen molar-refractivity contribution in [3.63, 3.8) is 0 Å². The zero-order chi connectivity index (χ0) is 19.1. The highest BCUT2D eigenvalue weighted by molar-refractivity contribution is 5.82. The van der Waals surface area contributed by atoms with E-state index in [4.69, 9.17) is 23.7 Å². The molecule has 6 nitrogen and oxygen atoms in total. The fourth-order valence-electron chi connectivity index (χ4n) is 2.56. The Morgan fingerprint density at radius 2 is 1.46 bits per heavy atom. The molecule has 2 rings (SSSR count). The molecule has 0 fully saturated rings. The minimum atomic E-state index is 0.0415. The van der Waals surface area contributed by atoms with E-state index in [2.05, 4.69) is 0 Å². The van der Waals surface area contributed by atoms with Gasteiger partial charge in [-0.1, -0.05) is 6.07 Å². The van der Waals surface area contributed by atoms with E-state index < -0.39 is 0 Å². The number of phenolic OH excluding ortho intramolecular Hbond substituents is 1. The molecule has 2 aromatic carbocycles. The number of ether oxygens (including phenoxy) is 5. The second-order valence-electron chi connectivity index (χ2n) is 5.29. The fraction of sp³-hybridized carbons (Fsp3) is 0.300. The van der Waals surface area contributed by atoms with Crippen molar-refractivity contribution in [1.29, 1.82) is 0 Å². The van der Waals surface area contributed by atoms with E-state index in [0.717, 1.165) is 16.7 Å². The molecule has 2 aromatic rings. The number of hydrogen-bond donors (Lipinski definition) is 1. The van der Waals surface area contributed by atoms with Crippen molar-refractivity contribution in [3.05, 3.63) is 47.7 Å². The first-order valence-electron chi connectivity index (χ1n) is 8.09. The SMILES string of the molecule is CCO/C=C(\c1ccc(OC)c(O)c1)c1cc(OC)c(OC)c(OC)c1. The van der Waals surface area contributed by atoms with Gasteiger partial charge in [0.05, 0.1) is 41.3 Å². The van der Waals surface area contributed by atoms with Crippen molar-refractivity contribution >= 4 is 5.57 Å². The summed E-state index contributed by atoms with van der Waals surface area (Å²) in [4.78, 5) is 0. The Balaban J connectivity index is 2.63. The molecule has 0 aromatic heterocycles. The van der Waals surface area contributed by atoms with Crippen LogP contribution < -0.4 is 18.9 Å². The summed E-state index contributed by atoms with van der Waals surface area (Å²) in [6.07, 6.45) is 1.64. The minimum absolute atomic E-state index is 0.0415. The average Bonchev–Trinajstić information content (AvgIpc) is 2.67. The number of phenols is 1. The van der Waals surface area contributed by atoms with Crippen LogP contribution in [0, 0.1) is 0 Å². The van der Waals surface area contributed by atoms with Gasteiger partial charge in [-0.25, -0.2) is 0 Å². The predicted molar refractivity (Wildman–Crippen MR) is 99.5 cm³/mol. The maximum Gasteiger partial charge on any atom is 0.203 e. The minimum Gasteiger partial charge on any atom is -0.504 e. The molecule has 0 aliphatic rings. The van der Waals surface area contributed by atoms with E-state index in [1.54, 1.807) is 39.7 Å². The molecule has 140 valence electrons. The first-order valence-corrected chi connectivity index (χ1v) is 8.09. The summed E-state index contributed by atoms with van der Waals surface area (Å²) in [6, 6.07) is 8.81. The van der Waals surface area contributed by atoms with E-state index in [1.807, 2.05) is 25.1 Å². The molecule has 0 heterocycles. The van der Waals surface area contributed by atoms with E-state index in [1.165, 1.54) is 7.11 Å². The third-order valence-corrected chi connectivity index (χ3v) is 3.83. The molecule has 0 aliphatic heterocycles. The fourth-order valence-corrected chi connectivity index (χ4v) is 2.56. The molecule has 6 heteroatoms. The van der Waals surface area contributed by atoms with Crippen molar-refractivity contribution in [3.8, 4) is 28.7 Å². The lowest BCUT2D eigenvalue weighted by Crippen LogP contribution is -1.98. The molecular formula is C20H24O6. The zero-order valence-corrected chi connectivity index (χ0v) is 15.7. The van der Waals surface area contributed by atoms with Crippen LogP contribution in [0.2, 0.25) is 0 Å². The Morgan fingerprint density at radius 3 is 1.92 bits per heavy atom. The second kappa shape index (κ2) is 8.89. The highest BCUT2D eigenvalue weighted by atomic mass is 16.5. The van der Waals surface area contributed by atoms with Gasteiger partial charge in [0.15, 0.2) is 23.0 Å². The molecule has 0 radical (unpaired) electrons. The van der Waals surface area contributed by atoms with Crippen LogP contribution in [0.25, 0.3) is 5.57 Å². The van der Waals surface area contributed by atoms with E-state index in [0.29, 0.717) is 29.6 Å². The van der Waals surface area contributed by atoms with Gasteiger partial charge in [-0.2, -0.15) is 0 Å². The highest BCUT2D eigenvalue weighted by Crippen LogP contribution is 2.41. The van der Waals surface area contributed by atoms with Crippen LogP contribution in [0.15, 0.2) is 36.6 Å². The van der Waals surface area contributed by atoms with Gasteiger partial charge in [-0.3, -0.25) is 0 Å². The maximum absolute atomic E-state index is 10.1. The molecule has 0 saturated heterocycles. The zero-order valence-electron chi connectivity index (χ0n) is 15.7. The number of hydrogen-bond acceptors (Lipinski definition) is 6. The Bertz CT molecular complexity index is 757. The van der Waals surface area contributed by atoms with Crippen LogP contribution in [0.1, 0.15) is 18.1 Å². The van der Waals surface area contributed by atoms with Crippen LogP contribution in [-0.4, -0.2) is 40.2 Å². The summed E-state index contributed by atoms with van der Waals surface area (Å²) < 4.78 is 26.9. The van der Waals surface area contributed by atoms with Crippen molar-refractivity contribution in [2.45, 2.75) is 6.92 Å². The number of rotatable bonds is 8. The Morgan fingerprint density at radius 1 is 0.846 bits per heavy atom. The van der Waals surface area contributed by atoms with Crippen LogP contribution in [0.4, 0.5) is 0 Å². The molecular weight excluding hydrogens is 336 g/mol. The molecule has 1 N–H and O–H groups in total. The smallest absolute Gasteiger partial charge is 0.203 e. The van der Waals surface area contributed by atoms with Gasteiger partial charge in [0.25, 0.3) is 0 Å². The highest BCUT2D eigenvalue weighted by Gasteiger charge is 2.17. The lowest BCUT2D eigenvalue weighted by Gasteiger charge is -2.16. The molecule has 0 amide bonds. The van der Waals surface area contributed by atoms with Gasteiger partial charge in [-0.15, -0.1) is 0 Å². The molecule has 26 heavy (non-hydrogen) atoms. The summed E-state index contributed by atoms with van der Waals surface area (Å²) >= 11 is 0. The van der Waals surface area contributed by atoms with Crippen molar-refractivity contribution < 1.29 is 28.8 Å². The first-order chi connectivity index (χ1) is 12.6. The monoisotopic (exact) mass is 360 g/mol. The topological polar surface area (TPSA) is 66.4 Å². The standard InChI is InChI=1S/C20H24O6/c1-6-26-12-15(13-7-8-17(22-2)16(21)9-13)14-10-18(23-3)20(25-5)19(11-14)24-4/h7-12,21H,6H2,1-5H3/b15-12+. The van der Waals surface area contributed by atoms with Gasteiger partial charge in [0.1, 0.15) is 0 Å². The van der Waals surface area contributed by atoms with Crippen LogP contribution in [0.3, 0.4) is 0 Å². The molecule has 0 aliphatic carbocycles. The van der Waals surface area contributed by atoms with Crippen LogP contribution in [0.5, 0.6) is 28.7 Å². The number of methoxy groups -OCH3 is 4. The van der Waals surface area contributed by atoms with Gasteiger partial charge < -0.3 is 28.8 Å². The number of aromatic hydroxyl groups is 1. The van der Waals surface area contributed by atoms with E-state index >= 15 is 0 Å². The second-order valence-corrected chi connectivity index (χ2v) is 5.29. The third kappa shape index (κ3) is 3.96. The average molecular weight is 360 g/mol.